The fourth-order valence-corrected chi connectivity index (χ4v) is 3.99. The Hall–Kier alpha value is -1.53. The predicted molar refractivity (Wildman–Crippen MR) is 86.1 cm³/mol. The largest absolute Gasteiger partial charge is 0.372 e. The molecule has 1 N–H and O–H groups in total. The van der Waals surface area contributed by atoms with Crippen LogP contribution in [0.3, 0.4) is 0 Å². The zero-order valence-electron chi connectivity index (χ0n) is 11.9. The van der Waals surface area contributed by atoms with Gasteiger partial charge >= 0.3 is 0 Å². The van der Waals surface area contributed by atoms with Crippen LogP contribution in [0.15, 0.2) is 5.38 Å². The van der Waals surface area contributed by atoms with E-state index in [9.17, 15) is 0 Å². The van der Waals surface area contributed by atoms with Gasteiger partial charge in [0, 0.05) is 23.0 Å². The summed E-state index contributed by atoms with van der Waals surface area (Å²) in [5.74, 6) is 1.75. The molecule has 0 saturated carbocycles. The molecule has 0 unspecified atom stereocenters. The van der Waals surface area contributed by atoms with Gasteiger partial charge in [-0.25, -0.2) is 15.0 Å². The van der Waals surface area contributed by atoms with Gasteiger partial charge in [0.15, 0.2) is 0 Å². The van der Waals surface area contributed by atoms with Crippen LogP contribution in [0, 0.1) is 20.8 Å². The number of thiophene rings is 1. The first-order valence-electron chi connectivity index (χ1n) is 6.44. The molecule has 0 radical (unpaired) electrons. The van der Waals surface area contributed by atoms with Crippen LogP contribution in [0.1, 0.15) is 27.0 Å². The standard InChI is InChI=1S/C14H16N4S2/c1-7-6-19-11(16-7)5-10-17-13(15-4)12-8(2)9(3)20-14(12)18-10/h6H,5H2,1-4H3,(H,15,17,18). The Bertz CT molecular complexity index is 773. The Morgan fingerprint density at radius 2 is 1.95 bits per heavy atom. The van der Waals surface area contributed by atoms with Gasteiger partial charge in [-0.15, -0.1) is 22.7 Å². The normalized spacial score (nSPS) is 11.2. The second-order valence-corrected chi connectivity index (χ2v) is 6.91. The molecule has 0 aromatic carbocycles. The molecule has 0 aliphatic heterocycles. The van der Waals surface area contributed by atoms with Gasteiger partial charge in [-0.3, -0.25) is 0 Å². The van der Waals surface area contributed by atoms with Gasteiger partial charge in [0.2, 0.25) is 0 Å². The van der Waals surface area contributed by atoms with Crippen LogP contribution in [0.5, 0.6) is 0 Å². The molecule has 3 aromatic rings. The van der Waals surface area contributed by atoms with Crippen LogP contribution < -0.4 is 5.32 Å². The summed E-state index contributed by atoms with van der Waals surface area (Å²) in [6, 6.07) is 0. The van der Waals surface area contributed by atoms with E-state index in [4.69, 9.17) is 4.98 Å². The quantitative estimate of drug-likeness (QED) is 0.801. The van der Waals surface area contributed by atoms with E-state index < -0.39 is 0 Å². The van der Waals surface area contributed by atoms with E-state index in [0.717, 1.165) is 32.6 Å². The number of hydrogen-bond donors (Lipinski definition) is 1. The molecule has 20 heavy (non-hydrogen) atoms. The summed E-state index contributed by atoms with van der Waals surface area (Å²) >= 11 is 3.39. The molecular weight excluding hydrogens is 288 g/mol. The molecule has 0 spiro atoms. The molecule has 0 bridgehead atoms. The van der Waals surface area contributed by atoms with Gasteiger partial charge in [0.25, 0.3) is 0 Å². The van der Waals surface area contributed by atoms with E-state index in [0.29, 0.717) is 6.42 Å². The Balaban J connectivity index is 2.08. The summed E-state index contributed by atoms with van der Waals surface area (Å²) in [6.45, 7) is 6.27. The zero-order chi connectivity index (χ0) is 14.3. The number of fused-ring (bicyclic) bond motifs is 1. The lowest BCUT2D eigenvalue weighted by Crippen LogP contribution is -2.01. The van der Waals surface area contributed by atoms with Crippen molar-refractivity contribution in [3.63, 3.8) is 0 Å². The summed E-state index contributed by atoms with van der Waals surface area (Å²) in [5, 5.41) is 7.47. The first-order valence-corrected chi connectivity index (χ1v) is 8.13. The lowest BCUT2D eigenvalue weighted by atomic mass is 10.2. The number of anilines is 1. The molecule has 4 nitrogen and oxygen atoms in total. The fourth-order valence-electron chi connectivity index (χ4n) is 2.17. The van der Waals surface area contributed by atoms with Crippen molar-refractivity contribution in [1.82, 2.24) is 15.0 Å². The Morgan fingerprint density at radius 1 is 1.15 bits per heavy atom. The van der Waals surface area contributed by atoms with Gasteiger partial charge in [0.1, 0.15) is 21.5 Å². The fraction of sp³-hybridized carbons (Fsp3) is 0.357. The minimum Gasteiger partial charge on any atom is -0.372 e. The average molecular weight is 304 g/mol. The molecule has 3 aromatic heterocycles. The smallest absolute Gasteiger partial charge is 0.139 e. The highest BCUT2D eigenvalue weighted by atomic mass is 32.1. The first-order chi connectivity index (χ1) is 9.58. The molecule has 0 fully saturated rings. The third-order valence-corrected chi connectivity index (χ3v) is 5.36. The van der Waals surface area contributed by atoms with Crippen LogP contribution in [0.25, 0.3) is 10.2 Å². The second-order valence-electron chi connectivity index (χ2n) is 4.76. The summed E-state index contributed by atoms with van der Waals surface area (Å²) in [5.41, 5.74) is 2.33. The minimum atomic E-state index is 0.694. The monoisotopic (exact) mass is 304 g/mol. The Labute approximate surface area is 125 Å². The van der Waals surface area contributed by atoms with Crippen LogP contribution in [0.2, 0.25) is 0 Å². The summed E-state index contributed by atoms with van der Waals surface area (Å²) in [7, 11) is 1.91. The first kappa shape index (κ1) is 13.5. The average Bonchev–Trinajstić information content (AvgIpc) is 2.94. The summed E-state index contributed by atoms with van der Waals surface area (Å²) in [4.78, 5) is 16.2. The van der Waals surface area contributed by atoms with E-state index in [-0.39, 0.29) is 0 Å². The number of aryl methyl sites for hydroxylation is 3. The highest BCUT2D eigenvalue weighted by Gasteiger charge is 2.14. The SMILES string of the molecule is CNc1nc(Cc2nc(C)cs2)nc2sc(C)c(C)c12. The molecule has 0 aliphatic carbocycles. The highest BCUT2D eigenvalue weighted by Crippen LogP contribution is 2.33. The number of hydrogen-bond acceptors (Lipinski definition) is 6. The van der Waals surface area contributed by atoms with E-state index >= 15 is 0 Å². The van der Waals surface area contributed by atoms with Crippen molar-refractivity contribution in [2.24, 2.45) is 0 Å². The second kappa shape index (κ2) is 5.10. The third-order valence-electron chi connectivity index (χ3n) is 3.29. The van der Waals surface area contributed by atoms with Crippen molar-refractivity contribution in [3.8, 4) is 0 Å². The summed E-state index contributed by atoms with van der Waals surface area (Å²) in [6.07, 6.45) is 0.694. The van der Waals surface area contributed by atoms with E-state index in [1.54, 1.807) is 22.7 Å². The molecule has 3 heterocycles. The zero-order valence-corrected chi connectivity index (χ0v) is 13.6. The van der Waals surface area contributed by atoms with Gasteiger partial charge in [-0.1, -0.05) is 0 Å². The van der Waals surface area contributed by atoms with Crippen LogP contribution >= 0.6 is 22.7 Å². The number of rotatable bonds is 3. The van der Waals surface area contributed by atoms with Crippen LogP contribution in [0.4, 0.5) is 5.82 Å². The summed E-state index contributed by atoms with van der Waals surface area (Å²) < 4.78 is 0. The number of nitrogens with zero attached hydrogens (tertiary/aromatic N) is 3. The maximum Gasteiger partial charge on any atom is 0.139 e. The van der Waals surface area contributed by atoms with Crippen LogP contribution in [-0.4, -0.2) is 22.0 Å². The minimum absolute atomic E-state index is 0.694. The number of nitrogens with one attached hydrogen (secondary N) is 1. The van der Waals surface area contributed by atoms with Crippen molar-refractivity contribution in [2.75, 3.05) is 12.4 Å². The molecule has 6 heteroatoms. The van der Waals surface area contributed by atoms with Crippen molar-refractivity contribution in [3.05, 3.63) is 32.3 Å². The highest BCUT2D eigenvalue weighted by molar-refractivity contribution is 7.18. The van der Waals surface area contributed by atoms with E-state index in [1.807, 2.05) is 14.0 Å². The Kier molecular flexibility index (Phi) is 3.43. The number of thiazole rings is 1. The van der Waals surface area contributed by atoms with Gasteiger partial charge in [0.05, 0.1) is 11.8 Å². The molecule has 3 rings (SSSR count). The molecule has 0 saturated heterocycles. The van der Waals surface area contributed by atoms with Gasteiger partial charge < -0.3 is 5.32 Å². The van der Waals surface area contributed by atoms with E-state index in [2.05, 4.69) is 34.5 Å². The Morgan fingerprint density at radius 3 is 2.60 bits per heavy atom. The van der Waals surface area contributed by atoms with Crippen molar-refractivity contribution in [2.45, 2.75) is 27.2 Å². The van der Waals surface area contributed by atoms with Crippen molar-refractivity contribution in [1.29, 1.82) is 0 Å². The molecule has 0 atom stereocenters. The maximum absolute atomic E-state index is 4.70. The van der Waals surface area contributed by atoms with Crippen molar-refractivity contribution < 1.29 is 0 Å². The molecule has 0 amide bonds. The van der Waals surface area contributed by atoms with Gasteiger partial charge in [-0.05, 0) is 26.3 Å². The molecule has 104 valence electrons. The molecule has 0 aliphatic rings. The van der Waals surface area contributed by atoms with Crippen LogP contribution in [-0.2, 0) is 6.42 Å². The maximum atomic E-state index is 4.70. The van der Waals surface area contributed by atoms with Gasteiger partial charge in [-0.2, -0.15) is 0 Å². The lowest BCUT2D eigenvalue weighted by molar-refractivity contribution is 0.976. The predicted octanol–water partition coefficient (Wildman–Crippen LogP) is 3.71. The number of aromatic nitrogens is 3. The molecular formula is C14H16N4S2. The third kappa shape index (κ3) is 2.29. The van der Waals surface area contributed by atoms with Crippen molar-refractivity contribution >= 4 is 38.7 Å². The van der Waals surface area contributed by atoms with E-state index in [1.165, 1.54) is 10.4 Å². The lowest BCUT2D eigenvalue weighted by Gasteiger charge is -2.05. The topological polar surface area (TPSA) is 50.7 Å².